The molecule has 0 radical (unpaired) electrons. The molecule has 1 aliphatic rings. The number of carbonyl (C=O) groups excluding carboxylic acids is 1. The first-order valence-electron chi connectivity index (χ1n) is 2.75. The third kappa shape index (κ3) is 1.54. The lowest BCUT2D eigenvalue weighted by atomic mass is 10.3. The number of ether oxygens (including phenoxy) is 2. The molecule has 0 aliphatic carbocycles. The van der Waals surface area contributed by atoms with Crippen molar-refractivity contribution >= 4 is 29.7 Å². The molecule has 1 aliphatic heterocycles. The van der Waals surface area contributed by atoms with Crippen LogP contribution in [-0.2, 0) is 14.3 Å². The summed E-state index contributed by atoms with van der Waals surface area (Å²) in [6.07, 6.45) is -0.331. The van der Waals surface area contributed by atoms with Crippen LogP contribution in [0.15, 0.2) is 0 Å². The number of rotatable bonds is 2. The third-order valence-electron chi connectivity index (χ3n) is 1.23. The molecule has 0 unspecified atom stereocenters. The highest BCUT2D eigenvalue weighted by molar-refractivity contribution is 6.48. The van der Waals surface area contributed by atoms with Gasteiger partial charge in [-0.3, -0.25) is 4.79 Å². The van der Waals surface area contributed by atoms with Gasteiger partial charge in [0.05, 0.1) is 6.61 Å². The maximum absolute atomic E-state index is 9.83. The Morgan fingerprint density at radius 3 is 2.80 bits per heavy atom. The van der Waals surface area contributed by atoms with E-state index in [0.29, 0.717) is 13.0 Å². The Hall–Kier alpha value is 0.01000. The normalized spacial score (nSPS) is 30.0. The van der Waals surface area contributed by atoms with Crippen LogP contribution >= 0.6 is 23.2 Å². The van der Waals surface area contributed by atoms with E-state index in [1.54, 1.807) is 0 Å². The Bertz CT molecular complexity index is 137. The number of halogens is 2. The molecule has 0 amide bonds. The maximum atomic E-state index is 9.83. The fraction of sp³-hybridized carbons (Fsp3) is 0.800. The minimum absolute atomic E-state index is 0.273. The fourth-order valence-corrected chi connectivity index (χ4v) is 1.11. The first-order valence-corrected chi connectivity index (χ1v) is 3.51. The molecule has 1 atom stereocenters. The molecule has 3 nitrogen and oxygen atoms in total. The summed E-state index contributed by atoms with van der Waals surface area (Å²) < 4.78 is 8.27. The van der Waals surface area contributed by atoms with Crippen LogP contribution in [0.3, 0.4) is 0 Å². The van der Waals surface area contributed by atoms with Gasteiger partial charge < -0.3 is 9.47 Å². The van der Waals surface area contributed by atoms with Crippen molar-refractivity contribution in [3.05, 3.63) is 0 Å². The van der Waals surface area contributed by atoms with Gasteiger partial charge in [0.1, 0.15) is 0 Å². The van der Waals surface area contributed by atoms with Gasteiger partial charge in [-0.25, -0.2) is 0 Å². The summed E-state index contributed by atoms with van der Waals surface area (Å²) in [5, 5.41) is 0. The van der Waals surface area contributed by atoms with Crippen molar-refractivity contribution in [2.45, 2.75) is 17.0 Å². The van der Waals surface area contributed by atoms with Gasteiger partial charge in [-0.05, 0) is 0 Å². The van der Waals surface area contributed by atoms with Crippen LogP contribution in [0.5, 0.6) is 0 Å². The molecule has 0 saturated carbocycles. The van der Waals surface area contributed by atoms with E-state index >= 15 is 0 Å². The number of carbonyl (C=O) groups is 1. The predicted molar refractivity (Wildman–Crippen MR) is 35.9 cm³/mol. The highest BCUT2D eigenvalue weighted by atomic mass is 35.5. The smallest absolute Gasteiger partial charge is 0.295 e. The molecule has 1 saturated heterocycles. The molecule has 0 aromatic carbocycles. The molecule has 0 aromatic heterocycles. The van der Waals surface area contributed by atoms with Crippen LogP contribution in [0, 0.1) is 0 Å². The van der Waals surface area contributed by atoms with E-state index < -0.39 is 10.6 Å². The van der Waals surface area contributed by atoms with Gasteiger partial charge in [-0.2, -0.15) is 0 Å². The summed E-state index contributed by atoms with van der Waals surface area (Å²) in [5.41, 5.74) is 0. The molecule has 10 heavy (non-hydrogen) atoms. The van der Waals surface area contributed by atoms with Gasteiger partial charge in [0, 0.05) is 6.42 Å². The Balaban J connectivity index is 2.50. The minimum atomic E-state index is -1.07. The van der Waals surface area contributed by atoms with Crippen LogP contribution in [0.25, 0.3) is 0 Å². The second-order valence-electron chi connectivity index (χ2n) is 1.95. The van der Waals surface area contributed by atoms with Crippen molar-refractivity contribution in [3.63, 3.8) is 0 Å². The van der Waals surface area contributed by atoms with Gasteiger partial charge >= 0.3 is 0 Å². The number of hydrogen-bond acceptors (Lipinski definition) is 3. The van der Waals surface area contributed by atoms with Crippen molar-refractivity contribution < 1.29 is 14.3 Å². The van der Waals surface area contributed by atoms with Crippen LogP contribution in [0.4, 0.5) is 0 Å². The largest absolute Gasteiger partial charge is 0.435 e. The van der Waals surface area contributed by atoms with Crippen molar-refractivity contribution in [1.82, 2.24) is 0 Å². The monoisotopic (exact) mass is 184 g/mol. The first kappa shape index (κ1) is 8.11. The highest BCUT2D eigenvalue weighted by Crippen LogP contribution is 2.36. The molecule has 1 fully saturated rings. The van der Waals surface area contributed by atoms with Crippen LogP contribution in [0.1, 0.15) is 6.42 Å². The zero-order valence-corrected chi connectivity index (χ0v) is 6.56. The van der Waals surface area contributed by atoms with E-state index in [4.69, 9.17) is 27.9 Å². The van der Waals surface area contributed by atoms with Crippen LogP contribution in [-0.4, -0.2) is 23.7 Å². The van der Waals surface area contributed by atoms with Crippen molar-refractivity contribution in [3.8, 4) is 0 Å². The molecule has 1 rings (SSSR count). The summed E-state index contributed by atoms with van der Waals surface area (Å²) >= 11 is 11.3. The SMILES string of the molecule is O=CO[C@H]1OCCC1(Cl)Cl. The van der Waals surface area contributed by atoms with Gasteiger partial charge in [0.2, 0.25) is 6.29 Å². The lowest BCUT2D eigenvalue weighted by Crippen LogP contribution is -2.28. The summed E-state index contributed by atoms with van der Waals surface area (Å²) in [6, 6.07) is 0. The van der Waals surface area contributed by atoms with E-state index in [1.807, 2.05) is 0 Å². The minimum Gasteiger partial charge on any atom is -0.435 e. The van der Waals surface area contributed by atoms with Gasteiger partial charge in [0.15, 0.2) is 4.33 Å². The van der Waals surface area contributed by atoms with Gasteiger partial charge in [-0.1, -0.05) is 23.2 Å². The second kappa shape index (κ2) is 2.95. The quantitative estimate of drug-likeness (QED) is 0.477. The summed E-state index contributed by atoms with van der Waals surface area (Å²) in [5.74, 6) is 0. The molecule has 0 N–H and O–H groups in total. The van der Waals surface area contributed by atoms with Crippen molar-refractivity contribution in [1.29, 1.82) is 0 Å². The molecular weight excluding hydrogens is 179 g/mol. The van der Waals surface area contributed by atoms with E-state index in [9.17, 15) is 4.79 Å². The Morgan fingerprint density at radius 1 is 1.70 bits per heavy atom. The van der Waals surface area contributed by atoms with Gasteiger partial charge in [-0.15, -0.1) is 0 Å². The topological polar surface area (TPSA) is 35.5 Å². The standard InChI is InChI=1S/C5H6Cl2O3/c6-5(7)1-2-9-4(5)10-3-8/h3-4H,1-2H2/t4-/m1/s1. The predicted octanol–water partition coefficient (Wildman–Crippen LogP) is 1.08. The molecule has 58 valence electrons. The van der Waals surface area contributed by atoms with E-state index in [0.717, 1.165) is 0 Å². The van der Waals surface area contributed by atoms with E-state index in [-0.39, 0.29) is 6.47 Å². The number of alkyl halides is 2. The lowest BCUT2D eigenvalue weighted by Gasteiger charge is -2.17. The van der Waals surface area contributed by atoms with E-state index in [1.165, 1.54) is 0 Å². The van der Waals surface area contributed by atoms with Gasteiger partial charge in [0.25, 0.3) is 6.47 Å². The molecule has 1 heterocycles. The first-order chi connectivity index (χ1) is 4.67. The van der Waals surface area contributed by atoms with E-state index in [2.05, 4.69) is 4.74 Å². The Labute approximate surface area is 68.2 Å². The highest BCUT2D eigenvalue weighted by Gasteiger charge is 2.42. The average molecular weight is 185 g/mol. The van der Waals surface area contributed by atoms with Crippen LogP contribution in [0.2, 0.25) is 0 Å². The zero-order valence-electron chi connectivity index (χ0n) is 5.05. The average Bonchev–Trinajstić information content (AvgIpc) is 2.13. The molecular formula is C5H6Cl2O3. The van der Waals surface area contributed by atoms with Crippen molar-refractivity contribution in [2.75, 3.05) is 6.61 Å². The number of hydrogen-bond donors (Lipinski definition) is 0. The summed E-state index contributed by atoms with van der Waals surface area (Å²) in [7, 11) is 0. The third-order valence-corrected chi connectivity index (χ3v) is 1.96. The maximum Gasteiger partial charge on any atom is 0.295 e. The van der Waals surface area contributed by atoms with Crippen molar-refractivity contribution in [2.24, 2.45) is 0 Å². The Morgan fingerprint density at radius 2 is 2.40 bits per heavy atom. The molecule has 0 aromatic rings. The summed E-state index contributed by atoms with van der Waals surface area (Å²) in [4.78, 5) is 9.83. The summed E-state index contributed by atoms with van der Waals surface area (Å²) in [6.45, 7) is 0.695. The Kier molecular flexibility index (Phi) is 2.39. The second-order valence-corrected chi connectivity index (χ2v) is 3.49. The molecule has 5 heteroatoms. The molecule has 0 bridgehead atoms. The lowest BCUT2D eigenvalue weighted by molar-refractivity contribution is -0.154. The zero-order chi connectivity index (χ0) is 7.61. The van der Waals surface area contributed by atoms with Crippen LogP contribution < -0.4 is 0 Å². The fourth-order valence-electron chi connectivity index (χ4n) is 0.731. The molecule has 0 spiro atoms.